The van der Waals surface area contributed by atoms with E-state index in [9.17, 15) is 29.2 Å². The summed E-state index contributed by atoms with van der Waals surface area (Å²) < 4.78 is 0. The molecule has 1 aliphatic carbocycles. The quantitative estimate of drug-likeness (QED) is 0.302. The second-order valence-corrected chi connectivity index (χ2v) is 17.6. The molecular weight excluding hydrogens is 768 g/mol. The van der Waals surface area contributed by atoms with Crippen LogP contribution in [0.2, 0.25) is 5.02 Å². The third-order valence-electron chi connectivity index (χ3n) is 13.8. The predicted molar refractivity (Wildman–Crippen MR) is 224 cm³/mol. The summed E-state index contributed by atoms with van der Waals surface area (Å²) >= 11 is 6.32. The topological polar surface area (TPSA) is 149 Å². The summed E-state index contributed by atoms with van der Waals surface area (Å²) in [6.45, 7) is 7.25. The van der Waals surface area contributed by atoms with Gasteiger partial charge in [0.25, 0.3) is 17.7 Å². The van der Waals surface area contributed by atoms with E-state index in [1.807, 2.05) is 35.2 Å². The Labute approximate surface area is 349 Å². The second kappa shape index (κ2) is 16.0. The number of piperidine rings is 2. The highest BCUT2D eigenvalue weighted by molar-refractivity contribution is 6.32. The molecular formula is C45H49ClN8O5. The van der Waals surface area contributed by atoms with Crippen molar-refractivity contribution in [3.63, 3.8) is 0 Å². The summed E-state index contributed by atoms with van der Waals surface area (Å²) in [5, 5.41) is 15.6. The van der Waals surface area contributed by atoms with Crippen LogP contribution in [0.1, 0.15) is 94.4 Å². The van der Waals surface area contributed by atoms with E-state index >= 15 is 0 Å². The highest BCUT2D eigenvalue weighted by Gasteiger charge is 2.45. The molecule has 1 atom stereocenters. The van der Waals surface area contributed by atoms with Crippen molar-refractivity contribution >= 4 is 58.2 Å². The van der Waals surface area contributed by atoms with Gasteiger partial charge in [0.1, 0.15) is 12.1 Å². The molecule has 3 aromatic rings. The lowest BCUT2D eigenvalue weighted by Crippen LogP contribution is -2.54. The summed E-state index contributed by atoms with van der Waals surface area (Å²) in [6.07, 6.45) is 7.42. The van der Waals surface area contributed by atoms with Crippen LogP contribution in [-0.4, -0.2) is 115 Å². The van der Waals surface area contributed by atoms with Crippen molar-refractivity contribution in [1.82, 2.24) is 20.0 Å². The van der Waals surface area contributed by atoms with E-state index in [2.05, 4.69) is 43.5 Å². The zero-order valence-corrected chi connectivity index (χ0v) is 33.9. The van der Waals surface area contributed by atoms with Gasteiger partial charge in [0.15, 0.2) is 0 Å². The molecule has 5 fully saturated rings. The van der Waals surface area contributed by atoms with Gasteiger partial charge >= 0.3 is 0 Å². The fourth-order valence-corrected chi connectivity index (χ4v) is 10.5. The maximum Gasteiger partial charge on any atom is 0.262 e. The second-order valence-electron chi connectivity index (χ2n) is 17.2. The van der Waals surface area contributed by atoms with Gasteiger partial charge in [0, 0.05) is 93.5 Å². The summed E-state index contributed by atoms with van der Waals surface area (Å²) in [5.41, 5.74) is 5.00. The van der Waals surface area contributed by atoms with Crippen LogP contribution < -0.4 is 20.4 Å². The number of imide groups is 2. The number of nitriles is 1. The Bertz CT molecular complexity index is 2220. The fourth-order valence-electron chi connectivity index (χ4n) is 10.3. The summed E-state index contributed by atoms with van der Waals surface area (Å²) in [5.74, 6) is -1.88. The molecule has 59 heavy (non-hydrogen) atoms. The van der Waals surface area contributed by atoms with Gasteiger partial charge in [-0.2, -0.15) is 5.26 Å². The number of amides is 5. The zero-order valence-electron chi connectivity index (χ0n) is 33.1. The molecule has 6 aliphatic rings. The van der Waals surface area contributed by atoms with E-state index in [1.165, 1.54) is 0 Å². The van der Waals surface area contributed by atoms with Gasteiger partial charge in [-0.15, -0.1) is 0 Å². The molecule has 0 radical (unpaired) electrons. The third-order valence-corrected chi connectivity index (χ3v) is 14.1. The average molecular weight is 817 g/mol. The monoisotopic (exact) mass is 816 g/mol. The van der Waals surface area contributed by atoms with Gasteiger partial charge < -0.3 is 20.0 Å². The summed E-state index contributed by atoms with van der Waals surface area (Å²) in [4.78, 5) is 74.4. The first-order valence-corrected chi connectivity index (χ1v) is 21.4. The van der Waals surface area contributed by atoms with Crippen LogP contribution in [0.3, 0.4) is 0 Å². The number of hydrogen-bond acceptors (Lipinski definition) is 10. The van der Waals surface area contributed by atoms with Crippen molar-refractivity contribution in [2.45, 2.75) is 75.9 Å². The zero-order chi connectivity index (χ0) is 40.8. The van der Waals surface area contributed by atoms with Crippen molar-refractivity contribution in [2.75, 3.05) is 67.5 Å². The largest absolute Gasteiger partial charge is 0.382 e. The van der Waals surface area contributed by atoms with Crippen molar-refractivity contribution in [3.05, 3.63) is 87.9 Å². The summed E-state index contributed by atoms with van der Waals surface area (Å²) in [7, 11) is 0. The van der Waals surface area contributed by atoms with E-state index in [1.54, 1.807) is 18.2 Å². The number of fused-ring (bicyclic) bond motifs is 1. The van der Waals surface area contributed by atoms with Gasteiger partial charge in [-0.3, -0.25) is 39.1 Å². The van der Waals surface area contributed by atoms with Crippen LogP contribution in [0.25, 0.3) is 0 Å². The number of rotatable bonds is 7. The molecule has 1 unspecified atom stereocenters. The summed E-state index contributed by atoms with van der Waals surface area (Å²) in [6, 6.07) is 21.0. The van der Waals surface area contributed by atoms with Crippen LogP contribution >= 0.6 is 11.6 Å². The van der Waals surface area contributed by atoms with Crippen molar-refractivity contribution < 1.29 is 24.0 Å². The average Bonchev–Trinajstić information content (AvgIpc) is 3.78. The maximum absolute atomic E-state index is 13.6. The Morgan fingerprint density at radius 2 is 1.46 bits per heavy atom. The van der Waals surface area contributed by atoms with Crippen molar-refractivity contribution in [1.29, 1.82) is 5.26 Å². The Morgan fingerprint density at radius 1 is 0.763 bits per heavy atom. The minimum Gasteiger partial charge on any atom is -0.382 e. The molecule has 0 aromatic heterocycles. The van der Waals surface area contributed by atoms with Crippen LogP contribution in [-0.2, 0) is 9.59 Å². The Hall–Kier alpha value is -5.45. The highest BCUT2D eigenvalue weighted by Crippen LogP contribution is 2.43. The lowest BCUT2D eigenvalue weighted by molar-refractivity contribution is -0.136. The number of halogens is 1. The van der Waals surface area contributed by atoms with Crippen molar-refractivity contribution in [2.24, 2.45) is 5.41 Å². The van der Waals surface area contributed by atoms with E-state index < -0.39 is 29.7 Å². The first-order valence-electron chi connectivity index (χ1n) is 21.0. The molecule has 1 spiro atoms. The molecule has 13 nitrogen and oxygen atoms in total. The third kappa shape index (κ3) is 7.64. The van der Waals surface area contributed by atoms with Gasteiger partial charge in [0.2, 0.25) is 11.8 Å². The number of nitrogens with zero attached hydrogens (tertiary/aromatic N) is 6. The van der Waals surface area contributed by atoms with E-state index in [0.29, 0.717) is 22.2 Å². The first kappa shape index (κ1) is 39.0. The van der Waals surface area contributed by atoms with Gasteiger partial charge in [-0.1, -0.05) is 11.6 Å². The molecule has 3 aromatic carbocycles. The molecule has 306 valence electrons. The maximum atomic E-state index is 13.6. The first-order chi connectivity index (χ1) is 28.6. The number of hydrogen-bond donors (Lipinski definition) is 2. The molecule has 1 saturated carbocycles. The number of carbonyl (C=O) groups excluding carboxylic acids is 5. The van der Waals surface area contributed by atoms with E-state index in [0.717, 1.165) is 125 Å². The highest BCUT2D eigenvalue weighted by atomic mass is 35.5. The van der Waals surface area contributed by atoms with E-state index in [-0.39, 0.29) is 35.8 Å². The molecule has 2 N–H and O–H groups in total. The normalized spacial score (nSPS) is 24.6. The van der Waals surface area contributed by atoms with Crippen molar-refractivity contribution in [3.8, 4) is 6.07 Å². The van der Waals surface area contributed by atoms with Crippen LogP contribution in [0, 0.1) is 16.7 Å². The molecule has 4 saturated heterocycles. The van der Waals surface area contributed by atoms with Gasteiger partial charge in [0.05, 0.1) is 21.7 Å². The minimum absolute atomic E-state index is 0.0924. The molecule has 5 aliphatic heterocycles. The minimum atomic E-state index is -0.973. The number of piperazine rings is 1. The van der Waals surface area contributed by atoms with Gasteiger partial charge in [-0.05, 0) is 117 Å². The molecule has 5 heterocycles. The van der Waals surface area contributed by atoms with Gasteiger partial charge in [-0.25, -0.2) is 0 Å². The Balaban J connectivity index is 0.714. The van der Waals surface area contributed by atoms with Crippen LogP contribution in [0.15, 0.2) is 60.7 Å². The Morgan fingerprint density at radius 3 is 2.15 bits per heavy atom. The lowest BCUT2D eigenvalue weighted by Gasteiger charge is -2.43. The predicted octanol–water partition coefficient (Wildman–Crippen LogP) is 5.29. The number of anilines is 3. The standard InChI is InChI=1S/C45H49ClN8O5/c46-38-26-35(9-3-30(38)27-47)53-20-17-45(28-53)15-18-52(19-16-45)42(57)29-1-7-33(8-2-29)50-21-23-51(24-22-50)34-10-4-31(5-11-34)48-32-6-12-36-37(25-32)44(59)54(43(36)58)39-13-14-40(55)49-41(39)56/h1-3,6-9,12,25-26,31,34,39,48H,4-5,10-11,13-24,28H2,(H,49,55,56). The smallest absolute Gasteiger partial charge is 0.262 e. The molecule has 0 bridgehead atoms. The molecule has 9 rings (SSSR count). The van der Waals surface area contributed by atoms with Crippen LogP contribution in [0.4, 0.5) is 17.1 Å². The Kier molecular flexibility index (Phi) is 10.6. The molecule has 5 amide bonds. The van der Waals surface area contributed by atoms with Crippen LogP contribution in [0.5, 0.6) is 0 Å². The number of carbonyl (C=O) groups is 5. The number of likely N-dealkylation sites (tertiary alicyclic amines) is 1. The number of benzene rings is 3. The number of nitrogens with one attached hydrogen (secondary N) is 2. The lowest BCUT2D eigenvalue weighted by atomic mass is 9.77. The molecule has 14 heteroatoms. The van der Waals surface area contributed by atoms with E-state index in [4.69, 9.17) is 11.6 Å². The fraction of sp³-hybridized carbons (Fsp3) is 0.467. The SMILES string of the molecule is N#Cc1ccc(N2CCC3(CCN(C(=O)c4ccc(N5CCN(C6CCC(Nc7ccc8c(c7)C(=O)N(C7CCC(=O)NC7=O)C8=O)CC6)CC5)cc4)CC3)C2)cc1Cl.